The average molecular weight is 350 g/mol. The number of amides is 1. The molecule has 2 aromatic rings. The minimum Gasteiger partial charge on any atom is -0.481 e. The van der Waals surface area contributed by atoms with Gasteiger partial charge in [-0.1, -0.05) is 11.6 Å². The Hall–Kier alpha value is -2.48. The number of carboxylic acid groups (broad SMARTS) is 1. The molecule has 24 heavy (non-hydrogen) atoms. The number of nitrogens with zero attached hydrogens (tertiary/aromatic N) is 5. The quantitative estimate of drug-likeness (QED) is 0.893. The predicted octanol–water partition coefficient (Wildman–Crippen LogP) is 1.32. The second-order valence-corrected chi connectivity index (χ2v) is 6.15. The Morgan fingerprint density at radius 2 is 2.04 bits per heavy atom. The van der Waals surface area contributed by atoms with Crippen LogP contribution in [0.4, 0.5) is 0 Å². The molecule has 0 radical (unpaired) electrons. The first-order chi connectivity index (χ1) is 11.5. The number of aromatic nitrogens is 4. The smallest absolute Gasteiger partial charge is 0.308 e. The van der Waals surface area contributed by atoms with Crippen molar-refractivity contribution in [1.29, 1.82) is 0 Å². The molecule has 0 saturated carbocycles. The fraction of sp³-hybridized carbons (Fsp3) is 0.400. The number of halogens is 1. The second kappa shape index (κ2) is 6.56. The van der Waals surface area contributed by atoms with E-state index in [0.717, 1.165) is 5.56 Å². The summed E-state index contributed by atoms with van der Waals surface area (Å²) in [4.78, 5) is 26.3. The molecule has 0 bridgehead atoms. The molecule has 1 N–H and O–H groups in total. The maximum absolute atomic E-state index is 12.4. The van der Waals surface area contributed by atoms with Crippen molar-refractivity contribution in [3.05, 3.63) is 29.3 Å². The van der Waals surface area contributed by atoms with Crippen molar-refractivity contribution in [3.8, 4) is 11.4 Å². The maximum Gasteiger partial charge on any atom is 0.308 e. The van der Waals surface area contributed by atoms with Crippen LogP contribution in [0.15, 0.2) is 24.3 Å². The molecule has 1 fully saturated rings. The molecule has 126 valence electrons. The number of carbonyl (C=O) groups is 2. The van der Waals surface area contributed by atoms with Crippen LogP contribution >= 0.6 is 11.6 Å². The highest BCUT2D eigenvalue weighted by Gasteiger charge is 2.38. The van der Waals surface area contributed by atoms with Crippen LogP contribution in [0, 0.1) is 5.92 Å². The molecule has 1 aliphatic heterocycles. The zero-order valence-electron chi connectivity index (χ0n) is 13.0. The Labute approximate surface area is 143 Å². The fourth-order valence-corrected chi connectivity index (χ4v) is 2.98. The maximum atomic E-state index is 12.4. The number of hydrogen-bond donors (Lipinski definition) is 1. The van der Waals surface area contributed by atoms with Crippen LogP contribution in [0.5, 0.6) is 0 Å². The summed E-state index contributed by atoms with van der Waals surface area (Å²) < 4.78 is 0. The van der Waals surface area contributed by atoms with E-state index >= 15 is 0 Å². The van der Waals surface area contributed by atoms with Crippen LogP contribution in [-0.2, 0) is 16.1 Å². The first-order valence-corrected chi connectivity index (χ1v) is 7.89. The Balaban J connectivity index is 1.68. The van der Waals surface area contributed by atoms with Gasteiger partial charge in [0.05, 0.1) is 5.92 Å². The minimum absolute atomic E-state index is 0.0722. The van der Waals surface area contributed by atoms with Crippen molar-refractivity contribution < 1.29 is 14.7 Å². The number of likely N-dealkylation sites (tertiary alicyclic amines) is 1. The largest absolute Gasteiger partial charge is 0.481 e. The summed E-state index contributed by atoms with van der Waals surface area (Å²) >= 11 is 5.84. The highest BCUT2D eigenvalue weighted by molar-refractivity contribution is 6.30. The van der Waals surface area contributed by atoms with E-state index in [1.165, 1.54) is 4.80 Å². The lowest BCUT2D eigenvalue weighted by atomic mass is 10.0. The van der Waals surface area contributed by atoms with Crippen molar-refractivity contribution >= 4 is 23.5 Å². The monoisotopic (exact) mass is 349 g/mol. The summed E-state index contributed by atoms with van der Waals surface area (Å²) in [7, 11) is 0. The molecular weight excluding hydrogens is 334 g/mol. The van der Waals surface area contributed by atoms with Gasteiger partial charge < -0.3 is 10.0 Å². The van der Waals surface area contributed by atoms with Crippen LogP contribution in [0.2, 0.25) is 5.02 Å². The third-order valence-electron chi connectivity index (χ3n) is 4.22. The molecule has 3 rings (SSSR count). The van der Waals surface area contributed by atoms with Crippen molar-refractivity contribution in [3.63, 3.8) is 0 Å². The van der Waals surface area contributed by atoms with Gasteiger partial charge in [-0.05, 0) is 42.8 Å². The van der Waals surface area contributed by atoms with Crippen LogP contribution in [0.25, 0.3) is 11.4 Å². The van der Waals surface area contributed by atoms with Gasteiger partial charge in [-0.2, -0.15) is 4.80 Å². The van der Waals surface area contributed by atoms with Crippen LogP contribution in [0.3, 0.4) is 0 Å². The van der Waals surface area contributed by atoms with Crippen LogP contribution < -0.4 is 0 Å². The molecular formula is C15H16ClN5O3. The lowest BCUT2D eigenvalue weighted by molar-refractivity contribution is -0.143. The third-order valence-corrected chi connectivity index (χ3v) is 4.48. The molecule has 1 aliphatic rings. The van der Waals surface area contributed by atoms with Crippen molar-refractivity contribution in [2.24, 2.45) is 5.92 Å². The molecule has 1 amide bonds. The van der Waals surface area contributed by atoms with Gasteiger partial charge in [0.15, 0.2) is 0 Å². The summed E-state index contributed by atoms with van der Waals surface area (Å²) in [6.45, 7) is 2.10. The number of carboxylic acids is 1. The van der Waals surface area contributed by atoms with E-state index in [4.69, 9.17) is 16.7 Å². The van der Waals surface area contributed by atoms with Gasteiger partial charge >= 0.3 is 5.97 Å². The van der Waals surface area contributed by atoms with E-state index in [9.17, 15) is 9.59 Å². The van der Waals surface area contributed by atoms with E-state index in [2.05, 4.69) is 15.4 Å². The molecule has 2 unspecified atom stereocenters. The zero-order valence-corrected chi connectivity index (χ0v) is 13.7. The second-order valence-electron chi connectivity index (χ2n) is 5.71. The van der Waals surface area contributed by atoms with Gasteiger partial charge in [0.1, 0.15) is 6.54 Å². The van der Waals surface area contributed by atoms with E-state index in [1.807, 2.05) is 0 Å². The number of tetrazole rings is 1. The summed E-state index contributed by atoms with van der Waals surface area (Å²) in [5.41, 5.74) is 0.749. The van der Waals surface area contributed by atoms with Crippen LogP contribution in [0.1, 0.15) is 13.3 Å². The van der Waals surface area contributed by atoms with Gasteiger partial charge in [0.25, 0.3) is 0 Å². The molecule has 1 aromatic carbocycles. The summed E-state index contributed by atoms with van der Waals surface area (Å²) in [5, 5.41) is 21.7. The molecule has 1 aromatic heterocycles. The lowest BCUT2D eigenvalue weighted by Gasteiger charge is -2.22. The number of hydrogen-bond acceptors (Lipinski definition) is 5. The number of carbonyl (C=O) groups excluding carboxylic acids is 1. The topological polar surface area (TPSA) is 101 Å². The van der Waals surface area contributed by atoms with E-state index in [-0.39, 0.29) is 18.5 Å². The van der Waals surface area contributed by atoms with E-state index in [1.54, 1.807) is 36.1 Å². The van der Waals surface area contributed by atoms with Gasteiger partial charge in [-0.15, -0.1) is 10.2 Å². The van der Waals surface area contributed by atoms with E-state index in [0.29, 0.717) is 23.8 Å². The Kier molecular flexibility index (Phi) is 4.48. The lowest BCUT2D eigenvalue weighted by Crippen LogP contribution is -2.39. The SMILES string of the molecule is CC1C(C(=O)O)CCN1C(=O)Cn1nnc(-c2ccc(Cl)cc2)n1. The zero-order chi connectivity index (χ0) is 17.3. The predicted molar refractivity (Wildman–Crippen MR) is 85.2 cm³/mol. The number of aliphatic carboxylic acids is 1. The molecule has 9 heteroatoms. The first kappa shape index (κ1) is 16.4. The average Bonchev–Trinajstić information content (AvgIpc) is 3.14. The molecule has 2 heterocycles. The highest BCUT2D eigenvalue weighted by atomic mass is 35.5. The fourth-order valence-electron chi connectivity index (χ4n) is 2.86. The Morgan fingerprint density at radius 1 is 1.33 bits per heavy atom. The summed E-state index contributed by atoms with van der Waals surface area (Å²) in [6, 6.07) is 6.65. The minimum atomic E-state index is -0.873. The van der Waals surface area contributed by atoms with Crippen LogP contribution in [-0.4, -0.2) is 54.7 Å². The van der Waals surface area contributed by atoms with Gasteiger partial charge in [0, 0.05) is 23.2 Å². The summed E-state index contributed by atoms with van der Waals surface area (Å²) in [5.74, 6) is -1.22. The van der Waals surface area contributed by atoms with Crippen molar-refractivity contribution in [1.82, 2.24) is 25.1 Å². The molecule has 8 nitrogen and oxygen atoms in total. The first-order valence-electron chi connectivity index (χ1n) is 7.51. The van der Waals surface area contributed by atoms with E-state index < -0.39 is 11.9 Å². The standard InChI is InChI=1S/C15H16ClN5O3/c1-9-12(15(23)24)6-7-20(9)13(22)8-21-18-14(17-19-21)10-2-4-11(16)5-3-10/h2-5,9,12H,6-8H2,1H3,(H,23,24). The molecule has 1 saturated heterocycles. The molecule has 2 atom stereocenters. The normalized spacial score (nSPS) is 20.3. The van der Waals surface area contributed by atoms with Gasteiger partial charge in [-0.3, -0.25) is 9.59 Å². The third kappa shape index (κ3) is 3.23. The summed E-state index contributed by atoms with van der Waals surface area (Å²) in [6.07, 6.45) is 0.461. The highest BCUT2D eigenvalue weighted by Crippen LogP contribution is 2.24. The number of benzene rings is 1. The van der Waals surface area contributed by atoms with Gasteiger partial charge in [0.2, 0.25) is 11.7 Å². The Morgan fingerprint density at radius 3 is 2.67 bits per heavy atom. The van der Waals surface area contributed by atoms with Crippen molar-refractivity contribution in [2.45, 2.75) is 25.9 Å². The molecule has 0 aliphatic carbocycles. The molecule has 0 spiro atoms. The van der Waals surface area contributed by atoms with Gasteiger partial charge in [-0.25, -0.2) is 0 Å². The Bertz CT molecular complexity index is 761. The number of rotatable bonds is 4. The van der Waals surface area contributed by atoms with Crippen molar-refractivity contribution in [2.75, 3.05) is 6.54 Å².